The van der Waals surface area contributed by atoms with Crippen molar-refractivity contribution in [2.24, 2.45) is 11.1 Å². The van der Waals surface area contributed by atoms with Crippen LogP contribution in [-0.4, -0.2) is 45.3 Å². The molecule has 2 amide bonds. The van der Waals surface area contributed by atoms with Crippen LogP contribution in [0.5, 0.6) is 0 Å². The van der Waals surface area contributed by atoms with Crippen molar-refractivity contribution >= 4 is 34.5 Å². The van der Waals surface area contributed by atoms with Crippen molar-refractivity contribution in [1.82, 2.24) is 4.90 Å². The summed E-state index contributed by atoms with van der Waals surface area (Å²) in [6.45, 7) is -0.0358. The highest BCUT2D eigenvalue weighted by Crippen LogP contribution is 2.33. The molecule has 1 atom stereocenters. The summed E-state index contributed by atoms with van der Waals surface area (Å²) in [4.78, 5) is 38.2. The second-order valence-corrected chi connectivity index (χ2v) is 8.80. The van der Waals surface area contributed by atoms with Gasteiger partial charge in [-0.15, -0.1) is 0 Å². The van der Waals surface area contributed by atoms with Gasteiger partial charge in [0.1, 0.15) is 11.3 Å². The van der Waals surface area contributed by atoms with Crippen LogP contribution in [0, 0.1) is 5.92 Å². The molecule has 0 spiro atoms. The number of hydrogen-bond donors (Lipinski definition) is 2. The molecule has 2 N–H and O–H groups in total. The molecular formula is C26H24N2O6. The van der Waals surface area contributed by atoms with E-state index in [0.717, 1.165) is 41.7 Å². The fourth-order valence-electron chi connectivity index (χ4n) is 4.93. The van der Waals surface area contributed by atoms with E-state index in [-0.39, 0.29) is 25.1 Å². The number of amides is 2. The van der Waals surface area contributed by atoms with Crippen LogP contribution in [0.15, 0.2) is 52.0 Å². The Bertz CT molecular complexity index is 1300. The second kappa shape index (κ2) is 8.78. The molecule has 34 heavy (non-hydrogen) atoms. The average Bonchev–Trinajstić information content (AvgIpc) is 3.34. The minimum Gasteiger partial charge on any atom is -0.481 e. The number of carbonyl (C=O) groups excluding carboxylic acids is 2. The standard InChI is InChI=1S/C26H24N2O6/c29-24-19-6-1-2-7-20(19)25(30)28(24)12-11-16(26(31)32)13-21(27-33)15-9-10-18-17-5-3-4-8-22(17)34-23(18)14-15/h1-2,6-7,9-10,14,16,33H,3-5,8,11-13H2,(H,31,32)/t16-/m0/s1. The molecule has 1 aliphatic heterocycles. The van der Waals surface area contributed by atoms with Gasteiger partial charge in [-0.2, -0.15) is 0 Å². The van der Waals surface area contributed by atoms with Crippen LogP contribution in [0.3, 0.4) is 0 Å². The average molecular weight is 460 g/mol. The van der Waals surface area contributed by atoms with Crippen molar-refractivity contribution in [3.63, 3.8) is 0 Å². The molecule has 0 saturated carbocycles. The van der Waals surface area contributed by atoms with Gasteiger partial charge in [-0.1, -0.05) is 29.4 Å². The SMILES string of the molecule is O=C(O)[C@@H](CCN1C(=O)c2ccccc2C1=O)CC(=NO)c1ccc2c3c(oc2c1)CCCC3. The molecule has 174 valence electrons. The minimum atomic E-state index is -1.09. The molecule has 8 nitrogen and oxygen atoms in total. The lowest BCUT2D eigenvalue weighted by Crippen LogP contribution is -2.33. The number of nitrogens with zero attached hydrogens (tertiary/aromatic N) is 2. The van der Waals surface area contributed by atoms with Crippen LogP contribution in [0.2, 0.25) is 0 Å². The third-order valence-corrected chi connectivity index (χ3v) is 6.78. The maximum absolute atomic E-state index is 12.6. The van der Waals surface area contributed by atoms with E-state index in [1.807, 2.05) is 12.1 Å². The highest BCUT2D eigenvalue weighted by Gasteiger charge is 2.36. The number of furan rings is 1. The third kappa shape index (κ3) is 3.75. The summed E-state index contributed by atoms with van der Waals surface area (Å²) < 4.78 is 6.01. The number of carbonyl (C=O) groups is 3. The molecular weight excluding hydrogens is 436 g/mol. The maximum atomic E-state index is 12.6. The van der Waals surface area contributed by atoms with Crippen molar-refractivity contribution in [2.75, 3.05) is 6.54 Å². The molecule has 5 rings (SSSR count). The Hall–Kier alpha value is -3.94. The molecule has 2 aromatic carbocycles. The van der Waals surface area contributed by atoms with E-state index in [0.29, 0.717) is 22.3 Å². The number of benzene rings is 2. The topological polar surface area (TPSA) is 120 Å². The first-order valence-electron chi connectivity index (χ1n) is 11.4. The van der Waals surface area contributed by atoms with Gasteiger partial charge in [-0.05, 0) is 43.9 Å². The van der Waals surface area contributed by atoms with Crippen LogP contribution in [0.25, 0.3) is 11.0 Å². The van der Waals surface area contributed by atoms with Gasteiger partial charge in [-0.25, -0.2) is 0 Å². The zero-order valence-electron chi connectivity index (χ0n) is 18.5. The summed E-state index contributed by atoms with van der Waals surface area (Å²) in [6, 6.07) is 12.1. The summed E-state index contributed by atoms with van der Waals surface area (Å²) in [5, 5.41) is 23.9. The summed E-state index contributed by atoms with van der Waals surface area (Å²) in [7, 11) is 0. The molecule has 3 aromatic rings. The Kier molecular flexibility index (Phi) is 5.65. The number of rotatable bonds is 7. The quantitative estimate of drug-likeness (QED) is 0.235. The van der Waals surface area contributed by atoms with Gasteiger partial charge in [0.2, 0.25) is 0 Å². The smallest absolute Gasteiger partial charge is 0.306 e. The summed E-state index contributed by atoms with van der Waals surface area (Å²) in [5.74, 6) is -1.89. The number of fused-ring (bicyclic) bond motifs is 4. The molecule has 0 bridgehead atoms. The predicted molar refractivity (Wildman–Crippen MR) is 123 cm³/mol. The number of carboxylic acids is 1. The predicted octanol–water partition coefficient (Wildman–Crippen LogP) is 4.27. The van der Waals surface area contributed by atoms with E-state index in [1.54, 1.807) is 30.3 Å². The summed E-state index contributed by atoms with van der Waals surface area (Å²) in [5.41, 5.74) is 3.36. The molecule has 0 unspecified atom stereocenters. The fourth-order valence-corrected chi connectivity index (χ4v) is 4.93. The lowest BCUT2D eigenvalue weighted by molar-refractivity contribution is -0.141. The number of aliphatic carboxylic acids is 1. The first-order chi connectivity index (χ1) is 16.5. The number of carboxylic acid groups (broad SMARTS) is 1. The van der Waals surface area contributed by atoms with Crippen molar-refractivity contribution in [3.05, 3.63) is 70.5 Å². The van der Waals surface area contributed by atoms with Gasteiger partial charge in [-0.3, -0.25) is 19.3 Å². The van der Waals surface area contributed by atoms with Gasteiger partial charge < -0.3 is 14.7 Å². The molecule has 0 radical (unpaired) electrons. The fraction of sp³-hybridized carbons (Fsp3) is 0.308. The van der Waals surface area contributed by atoms with Crippen LogP contribution < -0.4 is 0 Å². The lowest BCUT2D eigenvalue weighted by atomic mass is 9.93. The van der Waals surface area contributed by atoms with Crippen LogP contribution in [-0.2, 0) is 17.6 Å². The van der Waals surface area contributed by atoms with E-state index in [2.05, 4.69) is 5.16 Å². The molecule has 0 saturated heterocycles. The Morgan fingerprint density at radius 1 is 1.06 bits per heavy atom. The molecule has 1 aliphatic carbocycles. The normalized spacial score (nSPS) is 16.6. The summed E-state index contributed by atoms with van der Waals surface area (Å²) in [6.07, 6.45) is 4.08. The van der Waals surface area contributed by atoms with Crippen LogP contribution in [0.4, 0.5) is 0 Å². The van der Waals surface area contributed by atoms with Gasteiger partial charge in [0, 0.05) is 35.9 Å². The van der Waals surface area contributed by atoms with Gasteiger partial charge in [0.15, 0.2) is 0 Å². The monoisotopic (exact) mass is 460 g/mol. The highest BCUT2D eigenvalue weighted by molar-refractivity contribution is 6.21. The first-order valence-corrected chi connectivity index (χ1v) is 11.4. The van der Waals surface area contributed by atoms with Crippen LogP contribution in [0.1, 0.15) is 63.3 Å². The Morgan fingerprint density at radius 3 is 2.44 bits per heavy atom. The first kappa shape index (κ1) is 21.9. The minimum absolute atomic E-state index is 0.0358. The lowest BCUT2D eigenvalue weighted by Gasteiger charge is -2.18. The van der Waals surface area contributed by atoms with E-state index in [4.69, 9.17) is 4.42 Å². The zero-order valence-corrected chi connectivity index (χ0v) is 18.5. The highest BCUT2D eigenvalue weighted by atomic mass is 16.4. The van der Waals surface area contributed by atoms with E-state index >= 15 is 0 Å². The third-order valence-electron chi connectivity index (χ3n) is 6.78. The van der Waals surface area contributed by atoms with Crippen LogP contribution >= 0.6 is 0 Å². The Morgan fingerprint density at radius 2 is 1.76 bits per heavy atom. The van der Waals surface area contributed by atoms with E-state index < -0.39 is 23.7 Å². The van der Waals surface area contributed by atoms with Crippen molar-refractivity contribution in [3.8, 4) is 0 Å². The summed E-state index contributed by atoms with van der Waals surface area (Å²) >= 11 is 0. The van der Waals surface area contributed by atoms with E-state index in [1.165, 1.54) is 5.56 Å². The van der Waals surface area contributed by atoms with Crippen molar-refractivity contribution < 1.29 is 29.1 Å². The van der Waals surface area contributed by atoms with Gasteiger partial charge >= 0.3 is 5.97 Å². The van der Waals surface area contributed by atoms with Gasteiger partial charge in [0.25, 0.3) is 11.8 Å². The maximum Gasteiger partial charge on any atom is 0.306 e. The molecule has 1 aromatic heterocycles. The van der Waals surface area contributed by atoms with Crippen molar-refractivity contribution in [2.45, 2.75) is 38.5 Å². The van der Waals surface area contributed by atoms with Crippen molar-refractivity contribution in [1.29, 1.82) is 0 Å². The largest absolute Gasteiger partial charge is 0.481 e. The second-order valence-electron chi connectivity index (χ2n) is 8.80. The number of oxime groups is 1. The molecule has 8 heteroatoms. The van der Waals surface area contributed by atoms with Gasteiger partial charge in [0.05, 0.1) is 22.8 Å². The number of aryl methyl sites for hydroxylation is 2. The number of imide groups is 1. The zero-order chi connectivity index (χ0) is 23.8. The molecule has 2 heterocycles. The Labute approximate surface area is 195 Å². The molecule has 0 fully saturated rings. The van der Waals surface area contributed by atoms with E-state index in [9.17, 15) is 24.7 Å². The Balaban J connectivity index is 1.32. The molecule has 2 aliphatic rings. The number of hydrogen-bond acceptors (Lipinski definition) is 6.